The molecule has 1 saturated heterocycles. The van der Waals surface area contributed by atoms with E-state index in [4.69, 9.17) is 0 Å². The first kappa shape index (κ1) is 17.0. The predicted molar refractivity (Wildman–Crippen MR) is 90.6 cm³/mol. The lowest BCUT2D eigenvalue weighted by Crippen LogP contribution is -2.38. The van der Waals surface area contributed by atoms with Gasteiger partial charge in [0.05, 0.1) is 11.8 Å². The molecule has 7 heteroatoms. The van der Waals surface area contributed by atoms with Crippen LogP contribution in [-0.4, -0.2) is 58.7 Å². The highest BCUT2D eigenvalue weighted by Crippen LogP contribution is 2.17. The Hall–Kier alpha value is -1.89. The monoisotopic (exact) mass is 333 g/mol. The summed E-state index contributed by atoms with van der Waals surface area (Å²) < 4.78 is 1.55. The van der Waals surface area contributed by atoms with Crippen LogP contribution in [0, 0.1) is 0 Å². The topological polar surface area (TPSA) is 79.3 Å². The average molecular weight is 333 g/mol. The van der Waals surface area contributed by atoms with Crippen LogP contribution in [0.2, 0.25) is 0 Å². The summed E-state index contributed by atoms with van der Waals surface area (Å²) in [5.74, 6) is -0.0695. The molecule has 0 aromatic carbocycles. The Morgan fingerprint density at radius 3 is 2.83 bits per heavy atom. The molecule has 2 N–H and O–H groups in total. The molecule has 3 rings (SSSR count). The Balaban J connectivity index is 1.52. The Kier molecular flexibility index (Phi) is 5.50. The number of carbonyl (C=O) groups excluding carboxylic acids is 2. The summed E-state index contributed by atoms with van der Waals surface area (Å²) >= 11 is 0. The van der Waals surface area contributed by atoms with Crippen LogP contribution >= 0.6 is 0 Å². The fourth-order valence-corrected chi connectivity index (χ4v) is 3.57. The van der Waals surface area contributed by atoms with Gasteiger partial charge >= 0.3 is 0 Å². The van der Waals surface area contributed by atoms with Gasteiger partial charge in [0.15, 0.2) is 0 Å². The summed E-state index contributed by atoms with van der Waals surface area (Å²) in [6, 6.07) is 0.527. The maximum Gasteiger partial charge on any atom is 0.257 e. The van der Waals surface area contributed by atoms with E-state index in [-0.39, 0.29) is 24.4 Å². The number of likely N-dealkylation sites (N-methyl/N-ethyl adjacent to an activating group) is 1. The SMILES string of the molecule is CN(C(=O)c1cnn(CC(=O)NC2CCCCC2)c1)C1CCNC1. The van der Waals surface area contributed by atoms with E-state index in [0.29, 0.717) is 11.6 Å². The van der Waals surface area contributed by atoms with Gasteiger partial charge in [-0.25, -0.2) is 0 Å². The highest BCUT2D eigenvalue weighted by molar-refractivity contribution is 5.93. The molecule has 132 valence electrons. The summed E-state index contributed by atoms with van der Waals surface area (Å²) in [4.78, 5) is 26.4. The number of amides is 2. The van der Waals surface area contributed by atoms with E-state index in [1.54, 1.807) is 22.0 Å². The van der Waals surface area contributed by atoms with E-state index in [9.17, 15) is 9.59 Å². The molecule has 0 bridgehead atoms. The molecule has 1 saturated carbocycles. The van der Waals surface area contributed by atoms with Crippen LogP contribution in [0.25, 0.3) is 0 Å². The number of nitrogens with zero attached hydrogens (tertiary/aromatic N) is 3. The highest BCUT2D eigenvalue weighted by atomic mass is 16.2. The molecule has 1 atom stereocenters. The van der Waals surface area contributed by atoms with Crippen molar-refractivity contribution in [3.8, 4) is 0 Å². The molecule has 1 aliphatic carbocycles. The van der Waals surface area contributed by atoms with E-state index in [1.165, 1.54) is 19.3 Å². The van der Waals surface area contributed by atoms with E-state index in [2.05, 4.69) is 15.7 Å². The van der Waals surface area contributed by atoms with Gasteiger partial charge < -0.3 is 15.5 Å². The summed E-state index contributed by atoms with van der Waals surface area (Å²) in [7, 11) is 1.83. The van der Waals surface area contributed by atoms with Crippen molar-refractivity contribution in [2.45, 2.75) is 57.2 Å². The summed E-state index contributed by atoms with van der Waals surface area (Å²) in [5.41, 5.74) is 0.537. The van der Waals surface area contributed by atoms with Gasteiger partial charge in [-0.05, 0) is 25.8 Å². The van der Waals surface area contributed by atoms with Gasteiger partial charge in [0.1, 0.15) is 6.54 Å². The first-order chi connectivity index (χ1) is 11.6. The van der Waals surface area contributed by atoms with Crippen LogP contribution in [0.1, 0.15) is 48.9 Å². The number of hydrogen-bond acceptors (Lipinski definition) is 4. The van der Waals surface area contributed by atoms with Crippen molar-refractivity contribution in [2.75, 3.05) is 20.1 Å². The van der Waals surface area contributed by atoms with Crippen LogP contribution in [0.4, 0.5) is 0 Å². The van der Waals surface area contributed by atoms with Gasteiger partial charge in [-0.15, -0.1) is 0 Å². The van der Waals surface area contributed by atoms with Crippen molar-refractivity contribution in [2.24, 2.45) is 0 Å². The molecule has 0 radical (unpaired) electrons. The minimum atomic E-state index is -0.0392. The molecule has 0 spiro atoms. The van der Waals surface area contributed by atoms with Crippen molar-refractivity contribution >= 4 is 11.8 Å². The number of nitrogens with one attached hydrogen (secondary N) is 2. The normalized spacial score (nSPS) is 21.6. The van der Waals surface area contributed by atoms with Crippen molar-refractivity contribution in [1.29, 1.82) is 0 Å². The summed E-state index contributed by atoms with van der Waals surface area (Å²) in [6.07, 6.45) is 9.96. The van der Waals surface area contributed by atoms with Gasteiger partial charge in [-0.2, -0.15) is 5.10 Å². The number of hydrogen-bond donors (Lipinski definition) is 2. The second-order valence-electron chi connectivity index (χ2n) is 6.89. The summed E-state index contributed by atoms with van der Waals surface area (Å²) in [5, 5.41) is 10.5. The third-order valence-corrected chi connectivity index (χ3v) is 5.06. The maximum absolute atomic E-state index is 12.5. The van der Waals surface area contributed by atoms with Crippen LogP contribution in [-0.2, 0) is 11.3 Å². The molecule has 1 aromatic rings. The second kappa shape index (κ2) is 7.79. The maximum atomic E-state index is 12.5. The lowest BCUT2D eigenvalue weighted by atomic mass is 9.95. The van der Waals surface area contributed by atoms with Crippen molar-refractivity contribution < 1.29 is 9.59 Å². The zero-order valence-electron chi connectivity index (χ0n) is 14.3. The molecule has 2 heterocycles. The van der Waals surface area contributed by atoms with Crippen molar-refractivity contribution in [3.63, 3.8) is 0 Å². The van der Waals surface area contributed by atoms with Crippen LogP contribution in [0.15, 0.2) is 12.4 Å². The molecule has 2 amide bonds. The van der Waals surface area contributed by atoms with E-state index in [0.717, 1.165) is 32.4 Å². The third kappa shape index (κ3) is 4.14. The van der Waals surface area contributed by atoms with E-state index in [1.807, 2.05) is 7.05 Å². The van der Waals surface area contributed by atoms with E-state index < -0.39 is 0 Å². The fourth-order valence-electron chi connectivity index (χ4n) is 3.57. The molecule has 2 aliphatic rings. The molecule has 7 nitrogen and oxygen atoms in total. The first-order valence-electron chi connectivity index (χ1n) is 8.93. The molecule has 1 aliphatic heterocycles. The zero-order valence-corrected chi connectivity index (χ0v) is 14.3. The Morgan fingerprint density at radius 2 is 2.12 bits per heavy atom. The molecule has 1 unspecified atom stereocenters. The van der Waals surface area contributed by atoms with Crippen molar-refractivity contribution in [1.82, 2.24) is 25.3 Å². The fraction of sp³-hybridized carbons (Fsp3) is 0.706. The van der Waals surface area contributed by atoms with Crippen LogP contribution < -0.4 is 10.6 Å². The van der Waals surface area contributed by atoms with E-state index >= 15 is 0 Å². The minimum absolute atomic E-state index is 0.0302. The second-order valence-corrected chi connectivity index (χ2v) is 6.89. The third-order valence-electron chi connectivity index (χ3n) is 5.06. The first-order valence-corrected chi connectivity index (χ1v) is 8.93. The molecule has 24 heavy (non-hydrogen) atoms. The predicted octanol–water partition coefficient (Wildman–Crippen LogP) is 0.766. The Morgan fingerprint density at radius 1 is 1.33 bits per heavy atom. The van der Waals surface area contributed by atoms with Crippen LogP contribution in [0.3, 0.4) is 0 Å². The number of rotatable bonds is 5. The molecular formula is C17H27N5O2. The highest BCUT2D eigenvalue weighted by Gasteiger charge is 2.25. The lowest BCUT2D eigenvalue weighted by Gasteiger charge is -2.23. The Labute approximate surface area is 142 Å². The quantitative estimate of drug-likeness (QED) is 0.834. The smallest absolute Gasteiger partial charge is 0.257 e. The van der Waals surface area contributed by atoms with Crippen LogP contribution in [0.5, 0.6) is 0 Å². The Bertz CT molecular complexity index is 573. The standard InChI is InChI=1S/C17H27N5O2/c1-21(15-7-8-18-10-15)17(24)13-9-19-22(11-13)12-16(23)20-14-5-3-2-4-6-14/h9,11,14-15,18H,2-8,10,12H2,1H3,(H,20,23). The average Bonchev–Trinajstić information content (AvgIpc) is 3.26. The number of aromatic nitrogens is 2. The molecule has 1 aromatic heterocycles. The zero-order chi connectivity index (χ0) is 16.9. The molecular weight excluding hydrogens is 306 g/mol. The molecule has 2 fully saturated rings. The number of carbonyl (C=O) groups is 2. The minimum Gasteiger partial charge on any atom is -0.352 e. The van der Waals surface area contributed by atoms with Gasteiger partial charge in [-0.1, -0.05) is 19.3 Å². The lowest BCUT2D eigenvalue weighted by molar-refractivity contribution is -0.122. The van der Waals surface area contributed by atoms with Gasteiger partial charge in [0, 0.05) is 31.9 Å². The van der Waals surface area contributed by atoms with Crippen molar-refractivity contribution in [3.05, 3.63) is 18.0 Å². The van der Waals surface area contributed by atoms with Gasteiger partial charge in [-0.3, -0.25) is 14.3 Å². The largest absolute Gasteiger partial charge is 0.352 e. The summed E-state index contributed by atoms with van der Waals surface area (Å²) in [6.45, 7) is 1.95. The van der Waals surface area contributed by atoms with Gasteiger partial charge in [0.2, 0.25) is 5.91 Å². The van der Waals surface area contributed by atoms with Gasteiger partial charge in [0.25, 0.3) is 5.91 Å².